The largest absolute Gasteiger partial charge is 0.469 e. The van der Waals surface area contributed by atoms with Crippen LogP contribution in [-0.2, 0) is 19.1 Å². The van der Waals surface area contributed by atoms with Crippen LogP contribution in [0.1, 0.15) is 16.8 Å². The number of amides is 1. The Hall–Kier alpha value is -2.77. The van der Waals surface area contributed by atoms with E-state index in [0.717, 1.165) is 19.1 Å². The molecular formula is C19H15Cl2NO6. The van der Waals surface area contributed by atoms with E-state index >= 15 is 0 Å². The van der Waals surface area contributed by atoms with Crippen molar-refractivity contribution in [2.45, 2.75) is 12.1 Å². The molecule has 0 aromatic heterocycles. The van der Waals surface area contributed by atoms with Gasteiger partial charge in [0.2, 0.25) is 0 Å². The standard InChI is InChI=1S/C19H15Cl2NO6/c1-26-16(23)10-19(18(25)27-2)22(13-8-11(20)7-12(21)9-13)17(24)14-5-3-4-6-15(14)28-19/h3-9H,10H2,1-2H3. The maximum absolute atomic E-state index is 13.3. The summed E-state index contributed by atoms with van der Waals surface area (Å²) in [6.07, 6.45) is -0.611. The number of hydrogen-bond acceptors (Lipinski definition) is 6. The fourth-order valence-corrected chi connectivity index (χ4v) is 3.50. The van der Waals surface area contributed by atoms with Crippen molar-refractivity contribution in [1.29, 1.82) is 0 Å². The first-order chi connectivity index (χ1) is 13.3. The van der Waals surface area contributed by atoms with Gasteiger partial charge in [0, 0.05) is 10.0 Å². The number of methoxy groups -OCH3 is 2. The van der Waals surface area contributed by atoms with E-state index in [-0.39, 0.29) is 27.0 Å². The molecule has 0 fully saturated rings. The summed E-state index contributed by atoms with van der Waals surface area (Å²) in [5, 5.41) is 0.456. The van der Waals surface area contributed by atoms with Gasteiger partial charge in [-0.25, -0.2) is 4.79 Å². The van der Waals surface area contributed by atoms with Gasteiger partial charge in [-0.3, -0.25) is 14.5 Å². The molecule has 0 saturated carbocycles. The van der Waals surface area contributed by atoms with E-state index in [1.807, 2.05) is 0 Å². The molecule has 28 heavy (non-hydrogen) atoms. The monoisotopic (exact) mass is 423 g/mol. The molecule has 0 spiro atoms. The molecule has 1 heterocycles. The molecule has 0 bridgehead atoms. The van der Waals surface area contributed by atoms with Crippen molar-refractivity contribution < 1.29 is 28.6 Å². The van der Waals surface area contributed by atoms with E-state index in [1.165, 1.54) is 30.3 Å². The number of carbonyl (C=O) groups is 3. The number of ether oxygens (including phenoxy) is 3. The molecule has 0 N–H and O–H groups in total. The van der Waals surface area contributed by atoms with Crippen LogP contribution in [0.25, 0.3) is 0 Å². The fraction of sp³-hybridized carbons (Fsp3) is 0.211. The Labute approximate surface area is 170 Å². The van der Waals surface area contributed by atoms with Gasteiger partial charge >= 0.3 is 11.9 Å². The van der Waals surface area contributed by atoms with Gasteiger partial charge < -0.3 is 14.2 Å². The minimum atomic E-state index is -2.14. The molecule has 1 aliphatic heterocycles. The van der Waals surface area contributed by atoms with Crippen LogP contribution in [0.3, 0.4) is 0 Å². The van der Waals surface area contributed by atoms with Crippen molar-refractivity contribution in [3.8, 4) is 5.75 Å². The van der Waals surface area contributed by atoms with Crippen molar-refractivity contribution in [2.24, 2.45) is 0 Å². The SMILES string of the molecule is COC(=O)CC1(C(=O)OC)Oc2ccccc2C(=O)N1c1cc(Cl)cc(Cl)c1. The molecule has 7 nitrogen and oxygen atoms in total. The highest BCUT2D eigenvalue weighted by Gasteiger charge is 2.56. The summed E-state index contributed by atoms with van der Waals surface area (Å²) in [4.78, 5) is 39.3. The predicted molar refractivity (Wildman–Crippen MR) is 102 cm³/mol. The van der Waals surface area contributed by atoms with E-state index in [4.69, 9.17) is 37.4 Å². The van der Waals surface area contributed by atoms with Gasteiger partial charge in [0.05, 0.1) is 25.5 Å². The zero-order valence-electron chi connectivity index (χ0n) is 14.9. The van der Waals surface area contributed by atoms with E-state index < -0.39 is 30.0 Å². The highest BCUT2D eigenvalue weighted by Crippen LogP contribution is 2.41. The molecule has 2 aromatic carbocycles. The highest BCUT2D eigenvalue weighted by molar-refractivity contribution is 6.35. The summed E-state index contributed by atoms with van der Waals surface area (Å²) in [7, 11) is 2.28. The second-order valence-corrected chi connectivity index (χ2v) is 6.77. The van der Waals surface area contributed by atoms with Gasteiger partial charge in [-0.05, 0) is 30.3 Å². The molecule has 0 aliphatic carbocycles. The van der Waals surface area contributed by atoms with E-state index in [1.54, 1.807) is 12.1 Å². The van der Waals surface area contributed by atoms with Crippen LogP contribution in [0.4, 0.5) is 5.69 Å². The number of benzene rings is 2. The minimum Gasteiger partial charge on any atom is -0.469 e. The molecule has 1 aliphatic rings. The average molecular weight is 424 g/mol. The highest BCUT2D eigenvalue weighted by atomic mass is 35.5. The predicted octanol–water partition coefficient (Wildman–Crippen LogP) is 3.47. The van der Waals surface area contributed by atoms with Crippen LogP contribution in [0.15, 0.2) is 42.5 Å². The second-order valence-electron chi connectivity index (χ2n) is 5.90. The first kappa shape index (κ1) is 20.0. The number of anilines is 1. The zero-order chi connectivity index (χ0) is 20.5. The number of nitrogens with zero attached hydrogens (tertiary/aromatic N) is 1. The lowest BCUT2D eigenvalue weighted by molar-refractivity contribution is -0.166. The second kappa shape index (κ2) is 7.69. The molecule has 1 unspecified atom stereocenters. The molecule has 9 heteroatoms. The van der Waals surface area contributed by atoms with E-state index in [9.17, 15) is 14.4 Å². The van der Waals surface area contributed by atoms with Gasteiger partial charge in [-0.1, -0.05) is 35.3 Å². The maximum Gasteiger partial charge on any atom is 0.373 e. The van der Waals surface area contributed by atoms with Gasteiger partial charge in [-0.15, -0.1) is 0 Å². The van der Waals surface area contributed by atoms with Crippen LogP contribution in [-0.4, -0.2) is 37.8 Å². The summed E-state index contributed by atoms with van der Waals surface area (Å²) < 4.78 is 15.5. The quantitative estimate of drug-likeness (QED) is 0.700. The molecule has 146 valence electrons. The molecule has 3 rings (SSSR count). The van der Waals surface area contributed by atoms with E-state index in [0.29, 0.717) is 0 Å². The number of fused-ring (bicyclic) bond motifs is 1. The van der Waals surface area contributed by atoms with Crippen molar-refractivity contribution in [2.75, 3.05) is 19.1 Å². The normalized spacial score (nSPS) is 18.1. The van der Waals surface area contributed by atoms with Crippen molar-refractivity contribution >= 4 is 46.7 Å². The third-order valence-electron chi connectivity index (χ3n) is 4.18. The van der Waals surface area contributed by atoms with Gasteiger partial charge in [0.25, 0.3) is 11.6 Å². The van der Waals surface area contributed by atoms with Crippen LogP contribution in [0, 0.1) is 0 Å². The van der Waals surface area contributed by atoms with E-state index in [2.05, 4.69) is 0 Å². The van der Waals surface area contributed by atoms with Crippen molar-refractivity contribution in [1.82, 2.24) is 0 Å². The van der Waals surface area contributed by atoms with Crippen LogP contribution >= 0.6 is 23.2 Å². The molecule has 0 saturated heterocycles. The summed E-state index contributed by atoms with van der Waals surface area (Å²) in [5.74, 6) is -2.20. The van der Waals surface area contributed by atoms with Crippen molar-refractivity contribution in [3.05, 3.63) is 58.1 Å². The van der Waals surface area contributed by atoms with Crippen LogP contribution < -0.4 is 9.64 Å². The molecule has 0 radical (unpaired) electrons. The fourth-order valence-electron chi connectivity index (χ4n) is 2.99. The zero-order valence-corrected chi connectivity index (χ0v) is 16.4. The lowest BCUT2D eigenvalue weighted by Crippen LogP contribution is -2.65. The van der Waals surface area contributed by atoms with Gasteiger partial charge in [0.15, 0.2) is 0 Å². The summed E-state index contributed by atoms with van der Waals surface area (Å²) >= 11 is 12.2. The van der Waals surface area contributed by atoms with Crippen LogP contribution in [0.5, 0.6) is 5.75 Å². The van der Waals surface area contributed by atoms with Gasteiger partial charge in [-0.2, -0.15) is 0 Å². The smallest absolute Gasteiger partial charge is 0.373 e. The summed E-state index contributed by atoms with van der Waals surface area (Å²) in [5.41, 5.74) is -1.78. The van der Waals surface area contributed by atoms with Crippen molar-refractivity contribution in [3.63, 3.8) is 0 Å². The summed E-state index contributed by atoms with van der Waals surface area (Å²) in [6, 6.07) is 10.7. The molecule has 1 atom stereocenters. The first-order valence-corrected chi connectivity index (χ1v) is 8.82. The number of hydrogen-bond donors (Lipinski definition) is 0. The Morgan fingerprint density at radius 1 is 1.07 bits per heavy atom. The van der Waals surface area contributed by atoms with Crippen LogP contribution in [0.2, 0.25) is 10.0 Å². The molecule has 2 aromatic rings. The number of esters is 2. The summed E-state index contributed by atoms with van der Waals surface area (Å²) in [6.45, 7) is 0. The average Bonchev–Trinajstić information content (AvgIpc) is 2.66. The third kappa shape index (κ3) is 3.39. The lowest BCUT2D eigenvalue weighted by atomic mass is 9.99. The first-order valence-electron chi connectivity index (χ1n) is 8.06. The topological polar surface area (TPSA) is 82.1 Å². The number of carbonyl (C=O) groups excluding carboxylic acids is 3. The Morgan fingerprint density at radius 3 is 2.32 bits per heavy atom. The Morgan fingerprint density at radius 2 is 1.71 bits per heavy atom. The Bertz CT molecular complexity index is 943. The minimum absolute atomic E-state index is 0.131. The molecule has 1 amide bonds. The molecular weight excluding hydrogens is 409 g/mol. The number of halogens is 2. The lowest BCUT2D eigenvalue weighted by Gasteiger charge is -2.44. The number of rotatable bonds is 4. The Balaban J connectivity index is 2.29. The third-order valence-corrected chi connectivity index (χ3v) is 4.62. The van der Waals surface area contributed by atoms with Gasteiger partial charge in [0.1, 0.15) is 12.2 Å². The Kier molecular flexibility index (Phi) is 5.49. The maximum atomic E-state index is 13.3. The number of para-hydroxylation sites is 1.